The second-order valence-corrected chi connectivity index (χ2v) is 14.0. The van der Waals surface area contributed by atoms with Gasteiger partial charge < -0.3 is 15.5 Å². The minimum Gasteiger partial charge on any atom is -0.352 e. The number of hydrogen-bond acceptors (Lipinski definition) is 7. The van der Waals surface area contributed by atoms with Gasteiger partial charge in [-0.1, -0.05) is 116 Å². The second kappa shape index (κ2) is 17.2. The summed E-state index contributed by atoms with van der Waals surface area (Å²) in [7, 11) is 0. The van der Waals surface area contributed by atoms with E-state index in [0.717, 1.165) is 36.8 Å². The SMILES string of the molecule is CC(C)C(C(=O)NC1CCCCC1)N(Cc1ccccc1)C(=O)C(Cc1ccccc1)n1cc(CNC(=O)c2cn(-c3ccc(Cl)cc3)nn2)nn1. The third-order valence-electron chi connectivity index (χ3n) is 9.35. The summed E-state index contributed by atoms with van der Waals surface area (Å²) in [6.45, 7) is 4.25. The van der Waals surface area contributed by atoms with Crippen LogP contribution in [0.4, 0.5) is 0 Å². The summed E-state index contributed by atoms with van der Waals surface area (Å²) in [4.78, 5) is 43.8. The van der Waals surface area contributed by atoms with Crippen molar-refractivity contribution in [1.82, 2.24) is 45.5 Å². The number of nitrogens with zero attached hydrogens (tertiary/aromatic N) is 7. The van der Waals surface area contributed by atoms with Gasteiger partial charge >= 0.3 is 0 Å². The fourth-order valence-corrected chi connectivity index (χ4v) is 6.78. The molecule has 1 fully saturated rings. The highest BCUT2D eigenvalue weighted by atomic mass is 35.5. The van der Waals surface area contributed by atoms with Crippen LogP contribution in [0.25, 0.3) is 5.69 Å². The molecule has 13 heteroatoms. The smallest absolute Gasteiger partial charge is 0.273 e. The average Bonchev–Trinajstić information content (AvgIpc) is 3.85. The molecular weight excluding hydrogens is 678 g/mol. The maximum absolute atomic E-state index is 15.0. The lowest BCUT2D eigenvalue weighted by Crippen LogP contribution is -2.55. The van der Waals surface area contributed by atoms with Crippen LogP contribution in [0.3, 0.4) is 0 Å². The first-order valence-corrected chi connectivity index (χ1v) is 18.2. The van der Waals surface area contributed by atoms with Crippen LogP contribution in [0, 0.1) is 5.92 Å². The number of nitrogens with one attached hydrogen (secondary N) is 2. The van der Waals surface area contributed by atoms with Crippen LogP contribution in [0.1, 0.15) is 79.3 Å². The van der Waals surface area contributed by atoms with Gasteiger partial charge in [-0.25, -0.2) is 9.36 Å². The Balaban J connectivity index is 1.24. The van der Waals surface area contributed by atoms with E-state index >= 15 is 0 Å². The lowest BCUT2D eigenvalue weighted by molar-refractivity contribution is -0.146. The van der Waals surface area contributed by atoms with Crippen molar-refractivity contribution in [3.8, 4) is 5.69 Å². The van der Waals surface area contributed by atoms with Crippen molar-refractivity contribution in [2.24, 2.45) is 5.92 Å². The van der Waals surface area contributed by atoms with Crippen LogP contribution in [0.2, 0.25) is 5.02 Å². The molecule has 5 aromatic rings. The van der Waals surface area contributed by atoms with Gasteiger partial charge in [-0.15, -0.1) is 10.2 Å². The minimum atomic E-state index is -0.814. The third-order valence-corrected chi connectivity index (χ3v) is 9.60. The number of amides is 3. The van der Waals surface area contributed by atoms with Crippen LogP contribution < -0.4 is 10.6 Å². The molecule has 6 rings (SSSR count). The van der Waals surface area contributed by atoms with E-state index in [-0.39, 0.29) is 42.6 Å². The molecule has 0 aliphatic heterocycles. The van der Waals surface area contributed by atoms with E-state index in [1.54, 1.807) is 40.0 Å². The maximum Gasteiger partial charge on any atom is 0.273 e. The minimum absolute atomic E-state index is 0.0467. The topological polar surface area (TPSA) is 140 Å². The first kappa shape index (κ1) is 36.4. The lowest BCUT2D eigenvalue weighted by Gasteiger charge is -2.37. The number of aromatic nitrogens is 6. The van der Waals surface area contributed by atoms with Gasteiger partial charge in [0.2, 0.25) is 11.8 Å². The van der Waals surface area contributed by atoms with E-state index in [0.29, 0.717) is 22.8 Å². The quantitative estimate of drug-likeness (QED) is 0.149. The predicted molar refractivity (Wildman–Crippen MR) is 197 cm³/mol. The van der Waals surface area contributed by atoms with Crippen molar-refractivity contribution >= 4 is 29.3 Å². The van der Waals surface area contributed by atoms with E-state index in [1.807, 2.05) is 74.5 Å². The van der Waals surface area contributed by atoms with Gasteiger partial charge in [0.1, 0.15) is 17.8 Å². The van der Waals surface area contributed by atoms with E-state index < -0.39 is 18.0 Å². The normalized spacial score (nSPS) is 14.5. The van der Waals surface area contributed by atoms with Crippen LogP contribution in [-0.2, 0) is 29.1 Å². The molecular formula is C39H44ClN9O3. The summed E-state index contributed by atoms with van der Waals surface area (Å²) in [5, 5.41) is 23.5. The molecule has 2 atom stereocenters. The predicted octanol–water partition coefficient (Wildman–Crippen LogP) is 5.73. The molecule has 3 amide bonds. The summed E-state index contributed by atoms with van der Waals surface area (Å²) in [6, 6.07) is 25.0. The van der Waals surface area contributed by atoms with E-state index in [2.05, 4.69) is 31.3 Å². The summed E-state index contributed by atoms with van der Waals surface area (Å²) in [5.41, 5.74) is 3.14. The largest absolute Gasteiger partial charge is 0.352 e. The first-order valence-electron chi connectivity index (χ1n) is 17.8. The third kappa shape index (κ3) is 9.29. The Labute approximate surface area is 308 Å². The van der Waals surface area contributed by atoms with E-state index in [9.17, 15) is 14.4 Å². The van der Waals surface area contributed by atoms with Gasteiger partial charge in [-0.3, -0.25) is 14.4 Å². The zero-order chi connectivity index (χ0) is 36.5. The number of carbonyl (C=O) groups excluding carboxylic acids is 3. The monoisotopic (exact) mass is 721 g/mol. The summed E-state index contributed by atoms with van der Waals surface area (Å²) in [5.74, 6) is -0.985. The molecule has 0 spiro atoms. The molecule has 52 heavy (non-hydrogen) atoms. The molecule has 12 nitrogen and oxygen atoms in total. The molecule has 0 bridgehead atoms. The Morgan fingerprint density at radius 3 is 2.19 bits per heavy atom. The van der Waals surface area contributed by atoms with Crippen molar-refractivity contribution in [2.75, 3.05) is 0 Å². The molecule has 1 saturated carbocycles. The van der Waals surface area contributed by atoms with Crippen molar-refractivity contribution in [2.45, 2.75) is 83.6 Å². The van der Waals surface area contributed by atoms with Crippen molar-refractivity contribution in [3.63, 3.8) is 0 Å². The molecule has 2 heterocycles. The zero-order valence-electron chi connectivity index (χ0n) is 29.4. The number of carbonyl (C=O) groups is 3. The molecule has 3 aromatic carbocycles. The van der Waals surface area contributed by atoms with Gasteiger partial charge in [0.15, 0.2) is 5.69 Å². The Bertz CT molecular complexity index is 1920. The Hall–Kier alpha value is -5.36. The van der Waals surface area contributed by atoms with Crippen LogP contribution in [0.5, 0.6) is 0 Å². The Morgan fingerprint density at radius 1 is 0.846 bits per heavy atom. The van der Waals surface area contributed by atoms with Gasteiger partial charge in [0, 0.05) is 24.0 Å². The van der Waals surface area contributed by atoms with Crippen molar-refractivity contribution < 1.29 is 14.4 Å². The number of rotatable bonds is 14. The molecule has 0 radical (unpaired) electrons. The molecule has 0 saturated heterocycles. The van der Waals surface area contributed by atoms with E-state index in [1.165, 1.54) is 17.3 Å². The second-order valence-electron chi connectivity index (χ2n) is 13.6. The van der Waals surface area contributed by atoms with Gasteiger partial charge in [-0.05, 0) is 54.2 Å². The number of hydrogen-bond donors (Lipinski definition) is 2. The lowest BCUT2D eigenvalue weighted by atomic mass is 9.93. The summed E-state index contributed by atoms with van der Waals surface area (Å²) in [6.07, 6.45) is 8.75. The highest BCUT2D eigenvalue weighted by molar-refractivity contribution is 6.30. The Morgan fingerprint density at radius 2 is 1.52 bits per heavy atom. The van der Waals surface area contributed by atoms with Crippen molar-refractivity contribution in [3.05, 3.63) is 125 Å². The van der Waals surface area contributed by atoms with Gasteiger partial charge in [0.05, 0.1) is 24.6 Å². The van der Waals surface area contributed by atoms with Crippen LogP contribution in [-0.4, -0.2) is 64.7 Å². The average molecular weight is 722 g/mol. The van der Waals surface area contributed by atoms with Gasteiger partial charge in [0.25, 0.3) is 5.91 Å². The molecule has 2 aromatic heterocycles. The Kier molecular flexibility index (Phi) is 12.1. The molecule has 2 unspecified atom stereocenters. The van der Waals surface area contributed by atoms with Crippen molar-refractivity contribution in [1.29, 1.82) is 0 Å². The van der Waals surface area contributed by atoms with Crippen LogP contribution in [0.15, 0.2) is 97.3 Å². The zero-order valence-corrected chi connectivity index (χ0v) is 30.2. The molecule has 270 valence electrons. The molecule has 1 aliphatic rings. The first-order chi connectivity index (χ1) is 25.2. The highest BCUT2D eigenvalue weighted by Gasteiger charge is 2.38. The highest BCUT2D eigenvalue weighted by Crippen LogP contribution is 2.25. The van der Waals surface area contributed by atoms with Gasteiger partial charge in [-0.2, -0.15) is 0 Å². The van der Waals surface area contributed by atoms with Crippen LogP contribution >= 0.6 is 11.6 Å². The fourth-order valence-electron chi connectivity index (χ4n) is 6.65. The molecule has 1 aliphatic carbocycles. The summed E-state index contributed by atoms with van der Waals surface area (Å²) >= 11 is 5.99. The maximum atomic E-state index is 15.0. The molecule has 2 N–H and O–H groups in total. The number of halogens is 1. The standard InChI is InChI=1S/C39H44ClN9O3/c1-27(2)36(38(51)42-31-16-10-5-11-17-31)47(24-29-14-8-4-9-15-29)39(52)35(22-28-12-6-3-7-13-28)49-25-32(43-45-49)23-41-37(50)34-26-48(46-44-34)33-20-18-30(40)19-21-33/h3-4,6-9,12-15,18-21,25-27,31,35-36H,5,10-11,16-17,22-24H2,1-2H3,(H,41,50)(H,42,51). The summed E-state index contributed by atoms with van der Waals surface area (Å²) < 4.78 is 3.03. The number of benzene rings is 3. The van der Waals surface area contributed by atoms with E-state index in [4.69, 9.17) is 11.6 Å². The fraction of sp³-hybridized carbons (Fsp3) is 0.359.